The number of piperidine rings is 1. The van der Waals surface area contributed by atoms with Crippen molar-refractivity contribution in [3.8, 4) is 0 Å². The number of hydrogen-bond donors (Lipinski definition) is 2. The van der Waals surface area contributed by atoms with E-state index < -0.39 is 0 Å². The van der Waals surface area contributed by atoms with Gasteiger partial charge in [0, 0.05) is 24.7 Å². The van der Waals surface area contributed by atoms with Crippen LogP contribution in [0.3, 0.4) is 0 Å². The van der Waals surface area contributed by atoms with Gasteiger partial charge in [-0.25, -0.2) is 0 Å². The molecule has 0 bridgehead atoms. The molecule has 0 aliphatic carbocycles. The van der Waals surface area contributed by atoms with E-state index in [1.54, 1.807) is 18.2 Å². The monoisotopic (exact) mass is 371 g/mol. The molecule has 2 fully saturated rings. The predicted octanol–water partition coefficient (Wildman–Crippen LogP) is 2.94. The van der Waals surface area contributed by atoms with E-state index in [9.17, 15) is 9.59 Å². The van der Waals surface area contributed by atoms with Crippen LogP contribution in [-0.4, -0.2) is 42.9 Å². The summed E-state index contributed by atoms with van der Waals surface area (Å²) in [5.74, 6) is -0.127. The van der Waals surface area contributed by atoms with Crippen LogP contribution >= 0.6 is 24.0 Å². The number of hydrogen-bond acceptors (Lipinski definition) is 3. The number of anilines is 1. The van der Waals surface area contributed by atoms with E-state index in [1.165, 1.54) is 6.42 Å². The van der Waals surface area contributed by atoms with Crippen LogP contribution in [0.15, 0.2) is 18.2 Å². The van der Waals surface area contributed by atoms with Gasteiger partial charge in [0.15, 0.2) is 0 Å². The molecule has 5 nitrogen and oxygen atoms in total. The zero-order chi connectivity index (χ0) is 16.2. The standard InChI is InChI=1S/C17H22ClN3O2.ClH/c18-13-4-5-14(17(23)21-8-2-1-3-9-21)15(10-13)20-16(22)12-6-7-19-11-12;/h4-5,10,12,19H,1-3,6-9,11H2,(H,20,22);1H. The zero-order valence-corrected chi connectivity index (χ0v) is 15.1. The van der Waals surface area contributed by atoms with Crippen LogP contribution in [0.1, 0.15) is 36.0 Å². The van der Waals surface area contributed by atoms with Crippen LogP contribution in [0.5, 0.6) is 0 Å². The number of nitrogens with zero attached hydrogens (tertiary/aromatic N) is 1. The van der Waals surface area contributed by atoms with E-state index in [0.29, 0.717) is 22.8 Å². The second-order valence-electron chi connectivity index (χ2n) is 6.22. The Morgan fingerprint density at radius 1 is 1.21 bits per heavy atom. The van der Waals surface area contributed by atoms with Gasteiger partial charge in [0.25, 0.3) is 5.91 Å². The average Bonchev–Trinajstić information content (AvgIpc) is 3.10. The van der Waals surface area contributed by atoms with Crippen molar-refractivity contribution in [3.05, 3.63) is 28.8 Å². The van der Waals surface area contributed by atoms with Crippen molar-refractivity contribution in [2.75, 3.05) is 31.5 Å². The SMILES string of the molecule is Cl.O=C(Nc1cc(Cl)ccc1C(=O)N1CCCCC1)C1CCNC1. The topological polar surface area (TPSA) is 61.4 Å². The summed E-state index contributed by atoms with van der Waals surface area (Å²) in [7, 11) is 0. The van der Waals surface area contributed by atoms with Crippen molar-refractivity contribution in [1.29, 1.82) is 0 Å². The molecule has 2 aliphatic heterocycles. The molecule has 7 heteroatoms. The highest BCUT2D eigenvalue weighted by Crippen LogP contribution is 2.25. The van der Waals surface area contributed by atoms with Crippen molar-refractivity contribution >= 4 is 41.5 Å². The number of carbonyl (C=O) groups excluding carboxylic acids is 2. The molecule has 0 radical (unpaired) electrons. The molecule has 1 aromatic rings. The van der Waals surface area contributed by atoms with Gasteiger partial charge < -0.3 is 15.5 Å². The van der Waals surface area contributed by atoms with E-state index >= 15 is 0 Å². The Bertz CT molecular complexity index is 597. The third-order valence-corrected chi connectivity index (χ3v) is 4.78. The number of amides is 2. The highest BCUT2D eigenvalue weighted by atomic mass is 35.5. The van der Waals surface area contributed by atoms with Gasteiger partial charge in [-0.1, -0.05) is 11.6 Å². The number of likely N-dealkylation sites (tertiary alicyclic amines) is 1. The third kappa shape index (κ3) is 4.41. The Morgan fingerprint density at radius 2 is 1.96 bits per heavy atom. The molecule has 2 N–H and O–H groups in total. The van der Waals surface area contributed by atoms with Crippen molar-refractivity contribution in [2.24, 2.45) is 5.92 Å². The molecule has 24 heavy (non-hydrogen) atoms. The molecule has 2 aliphatic rings. The maximum Gasteiger partial charge on any atom is 0.255 e. The van der Waals surface area contributed by atoms with Crippen molar-refractivity contribution in [3.63, 3.8) is 0 Å². The Morgan fingerprint density at radius 3 is 2.62 bits per heavy atom. The van der Waals surface area contributed by atoms with Crippen LogP contribution in [-0.2, 0) is 4.79 Å². The fourth-order valence-corrected chi connectivity index (χ4v) is 3.36. The van der Waals surface area contributed by atoms with Gasteiger partial charge in [-0.2, -0.15) is 0 Å². The van der Waals surface area contributed by atoms with Crippen molar-refractivity contribution < 1.29 is 9.59 Å². The molecule has 0 spiro atoms. The minimum absolute atomic E-state index is 0. The zero-order valence-electron chi connectivity index (χ0n) is 13.5. The molecule has 2 amide bonds. The molecule has 3 rings (SSSR count). The van der Waals surface area contributed by atoms with Crippen LogP contribution in [0.25, 0.3) is 0 Å². The number of benzene rings is 1. The maximum atomic E-state index is 12.8. The van der Waals surface area contributed by atoms with Gasteiger partial charge in [-0.05, 0) is 50.4 Å². The summed E-state index contributed by atoms with van der Waals surface area (Å²) < 4.78 is 0. The fourth-order valence-electron chi connectivity index (χ4n) is 3.19. The largest absolute Gasteiger partial charge is 0.339 e. The summed E-state index contributed by atoms with van der Waals surface area (Å²) in [6, 6.07) is 5.08. The van der Waals surface area contributed by atoms with Crippen molar-refractivity contribution in [2.45, 2.75) is 25.7 Å². The summed E-state index contributed by atoms with van der Waals surface area (Å²) in [6.45, 7) is 3.10. The molecule has 1 aromatic carbocycles. The first-order chi connectivity index (χ1) is 11.1. The summed E-state index contributed by atoms with van der Waals surface area (Å²) >= 11 is 6.06. The number of halogens is 2. The van der Waals surface area contributed by atoms with E-state index in [1.807, 2.05) is 4.90 Å². The van der Waals surface area contributed by atoms with Crippen LogP contribution in [0.2, 0.25) is 5.02 Å². The number of nitrogens with one attached hydrogen (secondary N) is 2. The molecule has 1 unspecified atom stereocenters. The average molecular weight is 372 g/mol. The highest BCUT2D eigenvalue weighted by Gasteiger charge is 2.25. The molecular weight excluding hydrogens is 349 g/mol. The second kappa shape index (κ2) is 8.70. The summed E-state index contributed by atoms with van der Waals surface area (Å²) in [6.07, 6.45) is 4.06. The van der Waals surface area contributed by atoms with Gasteiger partial charge in [0.1, 0.15) is 0 Å². The second-order valence-corrected chi connectivity index (χ2v) is 6.66. The lowest BCUT2D eigenvalue weighted by atomic mass is 10.1. The first-order valence-electron chi connectivity index (χ1n) is 8.25. The molecule has 0 aromatic heterocycles. The van der Waals surface area contributed by atoms with Crippen molar-refractivity contribution in [1.82, 2.24) is 10.2 Å². The molecule has 0 saturated carbocycles. The van der Waals surface area contributed by atoms with Gasteiger partial charge >= 0.3 is 0 Å². The quantitative estimate of drug-likeness (QED) is 0.858. The fraction of sp³-hybridized carbons (Fsp3) is 0.529. The summed E-state index contributed by atoms with van der Waals surface area (Å²) in [5, 5.41) is 6.59. The Kier molecular flexibility index (Phi) is 6.90. The number of rotatable bonds is 3. The van der Waals surface area contributed by atoms with E-state index in [4.69, 9.17) is 11.6 Å². The third-order valence-electron chi connectivity index (χ3n) is 4.54. The normalized spacial score (nSPS) is 20.4. The minimum Gasteiger partial charge on any atom is -0.339 e. The van der Waals surface area contributed by atoms with Gasteiger partial charge in [-0.15, -0.1) is 12.4 Å². The highest BCUT2D eigenvalue weighted by molar-refractivity contribution is 6.31. The molecule has 132 valence electrons. The summed E-state index contributed by atoms with van der Waals surface area (Å²) in [4.78, 5) is 27.0. The lowest BCUT2D eigenvalue weighted by Gasteiger charge is -2.27. The molecule has 2 heterocycles. The smallest absolute Gasteiger partial charge is 0.255 e. The lowest BCUT2D eigenvalue weighted by Crippen LogP contribution is -2.36. The molecule has 1 atom stereocenters. The number of carbonyl (C=O) groups is 2. The van der Waals surface area contributed by atoms with Crippen LogP contribution in [0, 0.1) is 5.92 Å². The van der Waals surface area contributed by atoms with E-state index in [-0.39, 0.29) is 30.1 Å². The van der Waals surface area contributed by atoms with Gasteiger partial charge in [0.2, 0.25) is 5.91 Å². The molecule has 2 saturated heterocycles. The molecular formula is C17H23Cl2N3O2. The summed E-state index contributed by atoms with van der Waals surface area (Å²) in [5.41, 5.74) is 1.04. The van der Waals surface area contributed by atoms with E-state index in [2.05, 4.69) is 10.6 Å². The van der Waals surface area contributed by atoms with Gasteiger partial charge in [0.05, 0.1) is 17.2 Å². The van der Waals surface area contributed by atoms with E-state index in [0.717, 1.165) is 38.9 Å². The minimum atomic E-state index is -0.0510. The Hall–Kier alpha value is -1.30. The lowest BCUT2D eigenvalue weighted by molar-refractivity contribution is -0.119. The van der Waals surface area contributed by atoms with Crippen LogP contribution in [0.4, 0.5) is 5.69 Å². The first kappa shape index (κ1) is 19.0. The first-order valence-corrected chi connectivity index (χ1v) is 8.63. The van der Waals surface area contributed by atoms with Gasteiger partial charge in [-0.3, -0.25) is 9.59 Å². The van der Waals surface area contributed by atoms with Crippen LogP contribution < -0.4 is 10.6 Å². The Labute approximate surface area is 153 Å². The maximum absolute atomic E-state index is 12.8. The predicted molar refractivity (Wildman–Crippen MR) is 98.1 cm³/mol. The Balaban J connectivity index is 0.00000208.